The van der Waals surface area contributed by atoms with E-state index in [-0.39, 0.29) is 11.7 Å². The van der Waals surface area contributed by atoms with Crippen LogP contribution in [0.5, 0.6) is 0 Å². The molecule has 3 aromatic heterocycles. The minimum Gasteiger partial charge on any atom is -0.305 e. The maximum absolute atomic E-state index is 13.8. The number of halogens is 2. The molecular weight excluding hydrogens is 418 g/mol. The summed E-state index contributed by atoms with van der Waals surface area (Å²) in [5, 5.41) is 2.39. The standard InChI is InChI=1S/C23H18F2N4OS/c1-13(2)22-15(9-19(31-22)14-5-4-8-26-10-14)18-11-28-20(12-27-18)29-23(30)21-16(24)6-3-7-17(21)25/h3-13H,1-2H3,(H,28,29,30). The molecule has 0 aliphatic heterocycles. The Bertz CT molecular complexity index is 1200. The van der Waals surface area contributed by atoms with E-state index < -0.39 is 23.1 Å². The van der Waals surface area contributed by atoms with Gasteiger partial charge in [-0.05, 0) is 30.2 Å². The third kappa shape index (κ3) is 4.34. The highest BCUT2D eigenvalue weighted by atomic mass is 32.1. The largest absolute Gasteiger partial charge is 0.305 e. The van der Waals surface area contributed by atoms with Gasteiger partial charge in [0, 0.05) is 33.3 Å². The number of hydrogen-bond acceptors (Lipinski definition) is 5. The van der Waals surface area contributed by atoms with Gasteiger partial charge in [0.15, 0.2) is 5.82 Å². The van der Waals surface area contributed by atoms with Gasteiger partial charge in [0.2, 0.25) is 0 Å². The van der Waals surface area contributed by atoms with E-state index >= 15 is 0 Å². The number of thiophene rings is 1. The van der Waals surface area contributed by atoms with Crippen LogP contribution in [-0.2, 0) is 0 Å². The number of carbonyl (C=O) groups is 1. The van der Waals surface area contributed by atoms with Gasteiger partial charge in [-0.2, -0.15) is 0 Å². The first kappa shape index (κ1) is 20.7. The Morgan fingerprint density at radius 1 is 1.03 bits per heavy atom. The quantitative estimate of drug-likeness (QED) is 0.422. The lowest BCUT2D eigenvalue weighted by Crippen LogP contribution is -2.16. The fourth-order valence-corrected chi connectivity index (χ4v) is 4.27. The minimum absolute atomic E-state index is 0.102. The maximum Gasteiger partial charge on any atom is 0.262 e. The second-order valence-corrected chi connectivity index (χ2v) is 8.21. The smallest absolute Gasteiger partial charge is 0.262 e. The molecule has 0 aliphatic rings. The van der Waals surface area contributed by atoms with Gasteiger partial charge in [-0.15, -0.1) is 11.3 Å². The zero-order valence-corrected chi connectivity index (χ0v) is 17.6. The molecule has 0 saturated heterocycles. The van der Waals surface area contributed by atoms with Crippen LogP contribution in [0.1, 0.15) is 35.0 Å². The lowest BCUT2D eigenvalue weighted by molar-refractivity contribution is 0.101. The van der Waals surface area contributed by atoms with Gasteiger partial charge in [0.25, 0.3) is 5.91 Å². The SMILES string of the molecule is CC(C)c1sc(-c2cccnc2)cc1-c1cnc(NC(=O)c2c(F)cccc2F)cn1. The molecule has 0 unspecified atom stereocenters. The molecular formula is C23H18F2N4OS. The number of amides is 1. The van der Waals surface area contributed by atoms with Crippen molar-refractivity contribution < 1.29 is 13.6 Å². The van der Waals surface area contributed by atoms with Gasteiger partial charge >= 0.3 is 0 Å². The van der Waals surface area contributed by atoms with E-state index in [1.807, 2.05) is 24.4 Å². The monoisotopic (exact) mass is 436 g/mol. The van der Waals surface area contributed by atoms with Crippen molar-refractivity contribution in [2.45, 2.75) is 19.8 Å². The summed E-state index contributed by atoms with van der Waals surface area (Å²) in [7, 11) is 0. The topological polar surface area (TPSA) is 67.8 Å². The van der Waals surface area contributed by atoms with E-state index in [0.717, 1.165) is 33.0 Å². The van der Waals surface area contributed by atoms with Crippen LogP contribution in [-0.4, -0.2) is 20.9 Å². The van der Waals surface area contributed by atoms with Crippen molar-refractivity contribution in [1.82, 2.24) is 15.0 Å². The normalized spacial score (nSPS) is 11.0. The van der Waals surface area contributed by atoms with Crippen molar-refractivity contribution in [2.75, 3.05) is 5.32 Å². The van der Waals surface area contributed by atoms with Crippen molar-refractivity contribution in [3.63, 3.8) is 0 Å². The average Bonchev–Trinajstić information content (AvgIpc) is 3.21. The Morgan fingerprint density at radius 3 is 2.42 bits per heavy atom. The highest BCUT2D eigenvalue weighted by molar-refractivity contribution is 7.16. The number of nitrogens with one attached hydrogen (secondary N) is 1. The third-order valence-electron chi connectivity index (χ3n) is 4.59. The van der Waals surface area contributed by atoms with Crippen molar-refractivity contribution in [3.8, 4) is 21.7 Å². The highest BCUT2D eigenvalue weighted by Crippen LogP contribution is 2.40. The lowest BCUT2D eigenvalue weighted by Gasteiger charge is -2.08. The second kappa shape index (κ2) is 8.69. The summed E-state index contributed by atoms with van der Waals surface area (Å²) in [6.45, 7) is 4.21. The van der Waals surface area contributed by atoms with E-state index in [1.54, 1.807) is 17.5 Å². The number of hydrogen-bond donors (Lipinski definition) is 1. The maximum atomic E-state index is 13.8. The molecule has 4 aromatic rings. The predicted octanol–water partition coefficient (Wildman–Crippen LogP) is 5.92. The predicted molar refractivity (Wildman–Crippen MR) is 117 cm³/mol. The van der Waals surface area contributed by atoms with Crippen molar-refractivity contribution in [2.24, 2.45) is 0 Å². The van der Waals surface area contributed by atoms with Crippen LogP contribution in [0.15, 0.2) is 61.2 Å². The number of nitrogens with zero attached hydrogens (tertiary/aromatic N) is 3. The second-order valence-electron chi connectivity index (χ2n) is 7.12. The van der Waals surface area contributed by atoms with E-state index in [0.29, 0.717) is 5.69 Å². The fourth-order valence-electron chi connectivity index (χ4n) is 3.11. The average molecular weight is 436 g/mol. The van der Waals surface area contributed by atoms with E-state index in [2.05, 4.69) is 34.1 Å². The zero-order valence-electron chi connectivity index (χ0n) is 16.8. The minimum atomic E-state index is -0.940. The molecule has 4 rings (SSSR count). The molecule has 1 aromatic carbocycles. The van der Waals surface area contributed by atoms with Crippen LogP contribution in [0.3, 0.4) is 0 Å². The van der Waals surface area contributed by atoms with Gasteiger partial charge in [-0.3, -0.25) is 14.8 Å². The molecule has 0 aliphatic carbocycles. The van der Waals surface area contributed by atoms with E-state index in [1.165, 1.54) is 18.5 Å². The lowest BCUT2D eigenvalue weighted by atomic mass is 10.0. The van der Waals surface area contributed by atoms with Gasteiger partial charge in [0.05, 0.1) is 18.1 Å². The van der Waals surface area contributed by atoms with Crippen molar-refractivity contribution >= 4 is 23.1 Å². The molecule has 8 heteroatoms. The Hall–Kier alpha value is -3.52. The van der Waals surface area contributed by atoms with Crippen LogP contribution in [0.4, 0.5) is 14.6 Å². The number of rotatable bonds is 5. The van der Waals surface area contributed by atoms with Crippen LogP contribution < -0.4 is 5.32 Å². The van der Waals surface area contributed by atoms with Crippen molar-refractivity contribution in [1.29, 1.82) is 0 Å². The van der Waals surface area contributed by atoms with Crippen LogP contribution in [0, 0.1) is 11.6 Å². The Labute approximate surface area is 181 Å². The van der Waals surface area contributed by atoms with Crippen LogP contribution in [0.2, 0.25) is 0 Å². The molecule has 156 valence electrons. The number of anilines is 1. The molecule has 1 N–H and O–H groups in total. The Balaban J connectivity index is 1.61. The van der Waals surface area contributed by atoms with E-state index in [4.69, 9.17) is 0 Å². The van der Waals surface area contributed by atoms with Crippen molar-refractivity contribution in [3.05, 3.63) is 83.3 Å². The zero-order chi connectivity index (χ0) is 22.0. The summed E-state index contributed by atoms with van der Waals surface area (Å²) in [6.07, 6.45) is 6.45. The number of pyridine rings is 1. The first-order valence-electron chi connectivity index (χ1n) is 9.56. The number of aromatic nitrogens is 3. The summed E-state index contributed by atoms with van der Waals surface area (Å²) in [6, 6.07) is 9.18. The molecule has 1 amide bonds. The summed E-state index contributed by atoms with van der Waals surface area (Å²) in [5.74, 6) is -2.43. The summed E-state index contributed by atoms with van der Waals surface area (Å²) >= 11 is 1.67. The first-order valence-corrected chi connectivity index (χ1v) is 10.4. The molecule has 31 heavy (non-hydrogen) atoms. The first-order chi connectivity index (χ1) is 14.9. The summed E-state index contributed by atoms with van der Waals surface area (Å²) in [4.78, 5) is 27.3. The van der Waals surface area contributed by atoms with E-state index in [9.17, 15) is 13.6 Å². The Kier molecular flexibility index (Phi) is 5.81. The molecule has 0 bridgehead atoms. The fraction of sp³-hybridized carbons (Fsp3) is 0.130. The number of carbonyl (C=O) groups excluding carboxylic acids is 1. The molecule has 0 fully saturated rings. The Morgan fingerprint density at radius 2 is 1.81 bits per heavy atom. The molecule has 0 radical (unpaired) electrons. The highest BCUT2D eigenvalue weighted by Gasteiger charge is 2.19. The molecule has 0 saturated carbocycles. The number of benzene rings is 1. The van der Waals surface area contributed by atoms with Gasteiger partial charge < -0.3 is 5.32 Å². The molecule has 5 nitrogen and oxygen atoms in total. The molecule has 3 heterocycles. The third-order valence-corrected chi connectivity index (χ3v) is 6.08. The summed E-state index contributed by atoms with van der Waals surface area (Å²) in [5.41, 5.74) is 1.95. The van der Waals surface area contributed by atoms with Gasteiger partial charge in [-0.1, -0.05) is 26.0 Å². The molecule has 0 atom stereocenters. The van der Waals surface area contributed by atoms with Gasteiger partial charge in [-0.25, -0.2) is 13.8 Å². The van der Waals surface area contributed by atoms with Crippen LogP contribution >= 0.6 is 11.3 Å². The summed E-state index contributed by atoms with van der Waals surface area (Å²) < 4.78 is 27.6. The van der Waals surface area contributed by atoms with Crippen LogP contribution in [0.25, 0.3) is 21.7 Å². The van der Waals surface area contributed by atoms with Gasteiger partial charge in [0.1, 0.15) is 17.2 Å². The molecule has 0 spiro atoms.